The van der Waals surface area contributed by atoms with Crippen molar-refractivity contribution < 1.29 is 4.42 Å². The van der Waals surface area contributed by atoms with Gasteiger partial charge in [-0.1, -0.05) is 42.5 Å². The van der Waals surface area contributed by atoms with Gasteiger partial charge in [-0.05, 0) is 35.4 Å². The summed E-state index contributed by atoms with van der Waals surface area (Å²) in [6.45, 7) is 2.05. The Kier molecular flexibility index (Phi) is 4.74. The Labute approximate surface area is 154 Å². The molecular weight excluding hydrogens is 350 g/mol. The number of aromatic nitrogens is 2. The van der Waals surface area contributed by atoms with Crippen LogP contribution in [0.5, 0.6) is 0 Å². The molecule has 0 bridgehead atoms. The van der Waals surface area contributed by atoms with Gasteiger partial charge in [0.25, 0.3) is 5.89 Å². The van der Waals surface area contributed by atoms with E-state index in [2.05, 4.69) is 64.2 Å². The molecule has 0 unspecified atom stereocenters. The van der Waals surface area contributed by atoms with Crippen molar-refractivity contribution >= 4 is 22.7 Å². The first-order valence-corrected chi connectivity index (χ1v) is 9.79. The zero-order valence-electron chi connectivity index (χ0n) is 13.6. The van der Waals surface area contributed by atoms with Crippen molar-refractivity contribution in [1.29, 1.82) is 0 Å². The number of hydrogen-bond donors (Lipinski definition) is 1. The Morgan fingerprint density at radius 1 is 0.920 bits per heavy atom. The zero-order valence-corrected chi connectivity index (χ0v) is 15.3. The summed E-state index contributed by atoms with van der Waals surface area (Å²) in [6.07, 6.45) is 0. The van der Waals surface area contributed by atoms with Crippen molar-refractivity contribution in [3.63, 3.8) is 0 Å². The van der Waals surface area contributed by atoms with Gasteiger partial charge in [0.15, 0.2) is 0 Å². The van der Waals surface area contributed by atoms with E-state index in [0.29, 0.717) is 11.8 Å². The van der Waals surface area contributed by atoms with Gasteiger partial charge < -0.3 is 4.42 Å². The Balaban J connectivity index is 1.58. The zero-order chi connectivity index (χ0) is 17.1. The Morgan fingerprint density at radius 2 is 1.72 bits per heavy atom. The molecular formula is C19H17N3OS2. The fraction of sp³-hybridized carbons (Fsp3) is 0.158. The van der Waals surface area contributed by atoms with Gasteiger partial charge >= 0.3 is 0 Å². The smallest absolute Gasteiger partial charge is 0.257 e. The van der Waals surface area contributed by atoms with E-state index in [9.17, 15) is 0 Å². The minimum atomic E-state index is -0.0616. The standard InChI is InChI=1S/C19H17N3OS2/c1-13(18-21-22-19(23-18)16-10-6-12-25-16)20-17(15-9-5-11-24-15)14-7-3-2-4-8-14/h2-13,17,20H,1H3/t13-,17+/m1/s1. The molecule has 2 atom stereocenters. The number of nitrogens with zero attached hydrogens (tertiary/aromatic N) is 2. The molecule has 4 aromatic rings. The number of benzene rings is 1. The van der Waals surface area contributed by atoms with Crippen LogP contribution in [0.25, 0.3) is 10.8 Å². The van der Waals surface area contributed by atoms with Gasteiger partial charge in [0.1, 0.15) is 0 Å². The topological polar surface area (TPSA) is 51.0 Å². The molecule has 0 spiro atoms. The average molecular weight is 367 g/mol. The van der Waals surface area contributed by atoms with Gasteiger partial charge in [-0.2, -0.15) is 0 Å². The Bertz CT molecular complexity index is 901. The normalized spacial score (nSPS) is 13.6. The summed E-state index contributed by atoms with van der Waals surface area (Å²) in [7, 11) is 0. The fourth-order valence-corrected chi connectivity index (χ4v) is 4.13. The highest BCUT2D eigenvalue weighted by molar-refractivity contribution is 7.13. The second-order valence-electron chi connectivity index (χ2n) is 5.67. The van der Waals surface area contributed by atoms with Gasteiger partial charge in [-0.3, -0.25) is 5.32 Å². The molecule has 0 fully saturated rings. The second-order valence-corrected chi connectivity index (χ2v) is 7.60. The highest BCUT2D eigenvalue weighted by atomic mass is 32.1. The van der Waals surface area contributed by atoms with Gasteiger partial charge in [-0.25, -0.2) is 0 Å². The molecule has 4 rings (SSSR count). The maximum Gasteiger partial charge on any atom is 0.257 e. The molecule has 0 aliphatic rings. The highest BCUT2D eigenvalue weighted by Crippen LogP contribution is 2.30. The van der Waals surface area contributed by atoms with Crippen LogP contribution in [0.3, 0.4) is 0 Å². The van der Waals surface area contributed by atoms with Gasteiger partial charge in [0.05, 0.1) is 17.0 Å². The number of thiophene rings is 2. The maximum atomic E-state index is 5.87. The highest BCUT2D eigenvalue weighted by Gasteiger charge is 2.22. The van der Waals surface area contributed by atoms with Crippen LogP contribution in [0.15, 0.2) is 69.8 Å². The molecule has 4 nitrogen and oxygen atoms in total. The lowest BCUT2D eigenvalue weighted by molar-refractivity contribution is 0.405. The quantitative estimate of drug-likeness (QED) is 0.502. The van der Waals surface area contributed by atoms with Crippen molar-refractivity contribution in [2.45, 2.75) is 19.0 Å². The molecule has 0 aliphatic heterocycles. The summed E-state index contributed by atoms with van der Waals surface area (Å²) in [5.41, 5.74) is 1.22. The first-order valence-electron chi connectivity index (χ1n) is 8.03. The van der Waals surface area contributed by atoms with E-state index in [4.69, 9.17) is 4.42 Å². The average Bonchev–Trinajstić information content (AvgIpc) is 3.42. The first-order chi connectivity index (χ1) is 12.3. The van der Waals surface area contributed by atoms with Crippen molar-refractivity contribution in [2.24, 2.45) is 0 Å². The van der Waals surface area contributed by atoms with Crippen LogP contribution in [-0.2, 0) is 0 Å². The summed E-state index contributed by atoms with van der Waals surface area (Å²) in [5.74, 6) is 1.17. The van der Waals surface area contributed by atoms with E-state index < -0.39 is 0 Å². The lowest BCUT2D eigenvalue weighted by Crippen LogP contribution is -2.25. The van der Waals surface area contributed by atoms with Gasteiger partial charge in [0, 0.05) is 4.88 Å². The van der Waals surface area contributed by atoms with Crippen LogP contribution in [0.2, 0.25) is 0 Å². The summed E-state index contributed by atoms with van der Waals surface area (Å²) in [6, 6.07) is 18.6. The molecule has 1 aromatic carbocycles. The van der Waals surface area contributed by atoms with Crippen LogP contribution in [-0.4, -0.2) is 10.2 Å². The van der Waals surface area contributed by atoms with Crippen molar-refractivity contribution in [3.05, 3.63) is 81.7 Å². The van der Waals surface area contributed by atoms with E-state index in [1.165, 1.54) is 10.4 Å². The number of rotatable bonds is 6. The molecule has 0 saturated carbocycles. The molecule has 0 radical (unpaired) electrons. The SMILES string of the molecule is C[C@@H](N[C@@H](c1ccccc1)c1cccs1)c1nnc(-c2cccs2)o1. The second kappa shape index (κ2) is 7.31. The van der Waals surface area contributed by atoms with Crippen LogP contribution in [0, 0.1) is 0 Å². The third kappa shape index (κ3) is 3.56. The minimum absolute atomic E-state index is 0.0616. The molecule has 0 saturated heterocycles. The molecule has 3 aromatic heterocycles. The summed E-state index contributed by atoms with van der Waals surface area (Å²) in [5, 5.41) is 16.1. The summed E-state index contributed by atoms with van der Waals surface area (Å²) >= 11 is 3.33. The predicted molar refractivity (Wildman–Crippen MR) is 102 cm³/mol. The fourth-order valence-electron chi connectivity index (χ4n) is 2.67. The first kappa shape index (κ1) is 16.2. The Hall–Kier alpha value is -2.28. The van der Waals surface area contributed by atoms with Crippen LogP contribution >= 0.6 is 22.7 Å². The van der Waals surface area contributed by atoms with Crippen molar-refractivity contribution in [3.8, 4) is 10.8 Å². The van der Waals surface area contributed by atoms with Crippen molar-refractivity contribution in [1.82, 2.24) is 15.5 Å². The third-order valence-electron chi connectivity index (χ3n) is 3.92. The minimum Gasteiger partial charge on any atom is -0.418 e. The molecule has 0 aliphatic carbocycles. The lowest BCUT2D eigenvalue weighted by atomic mass is 10.0. The Morgan fingerprint density at radius 3 is 2.44 bits per heavy atom. The van der Waals surface area contributed by atoms with Crippen molar-refractivity contribution in [2.75, 3.05) is 0 Å². The molecule has 6 heteroatoms. The van der Waals surface area contributed by atoms with Gasteiger partial charge in [0.2, 0.25) is 5.89 Å². The molecule has 126 valence electrons. The lowest BCUT2D eigenvalue weighted by Gasteiger charge is -2.21. The largest absolute Gasteiger partial charge is 0.418 e. The monoisotopic (exact) mass is 367 g/mol. The molecule has 3 heterocycles. The molecule has 1 N–H and O–H groups in total. The molecule has 25 heavy (non-hydrogen) atoms. The van der Waals surface area contributed by atoms with E-state index in [0.717, 1.165) is 4.88 Å². The molecule has 0 amide bonds. The summed E-state index contributed by atoms with van der Waals surface area (Å²) < 4.78 is 5.87. The van der Waals surface area contributed by atoms with E-state index in [-0.39, 0.29) is 12.1 Å². The summed E-state index contributed by atoms with van der Waals surface area (Å²) in [4.78, 5) is 2.25. The van der Waals surface area contributed by atoms with E-state index in [1.54, 1.807) is 22.7 Å². The van der Waals surface area contributed by atoms with E-state index in [1.807, 2.05) is 23.6 Å². The number of hydrogen-bond acceptors (Lipinski definition) is 6. The van der Waals surface area contributed by atoms with Gasteiger partial charge in [-0.15, -0.1) is 32.9 Å². The number of nitrogens with one attached hydrogen (secondary N) is 1. The maximum absolute atomic E-state index is 5.87. The predicted octanol–water partition coefficient (Wildman–Crippen LogP) is 5.30. The van der Waals surface area contributed by atoms with Crippen LogP contribution in [0.1, 0.15) is 35.3 Å². The van der Waals surface area contributed by atoms with Crippen LogP contribution in [0.4, 0.5) is 0 Å². The van der Waals surface area contributed by atoms with Crippen LogP contribution < -0.4 is 5.32 Å². The van der Waals surface area contributed by atoms with E-state index >= 15 is 0 Å². The third-order valence-corrected chi connectivity index (χ3v) is 5.72.